The number of amides is 1. The Balaban J connectivity index is 1.95. The molecular weight excluding hydrogens is 348 g/mol. The predicted octanol–water partition coefficient (Wildman–Crippen LogP) is -2.70. The highest BCUT2D eigenvalue weighted by Gasteiger charge is 2.51. The molecule has 1 aromatic rings. The monoisotopic (exact) mass is 372 g/mol. The van der Waals surface area contributed by atoms with Crippen LogP contribution in [0.3, 0.4) is 0 Å². The van der Waals surface area contributed by atoms with Crippen LogP contribution in [0.5, 0.6) is 0 Å². The van der Waals surface area contributed by atoms with Crippen molar-refractivity contribution < 1.29 is 48.5 Å². The number of aliphatic carboxylic acids is 1. The number of carboxylic acid groups (broad SMARTS) is 1. The van der Waals surface area contributed by atoms with Gasteiger partial charge in [-0.25, -0.2) is 4.79 Å². The molecule has 0 spiro atoms. The van der Waals surface area contributed by atoms with Gasteiger partial charge in [-0.05, 0) is 6.07 Å². The minimum atomic E-state index is -2.80. The quantitative estimate of drug-likeness (QED) is 0.360. The second-order valence-corrected chi connectivity index (χ2v) is 6.32. The number of carbonyl (C=O) groups excluding carboxylic acids is 1. The molecule has 0 unspecified atom stereocenters. The molecule has 10 heteroatoms. The van der Waals surface area contributed by atoms with Gasteiger partial charge in [-0.2, -0.15) is 4.57 Å². The number of aromatic nitrogens is 1. The zero-order valence-electron chi connectivity index (χ0n) is 16.4. The van der Waals surface area contributed by atoms with Crippen molar-refractivity contribution in [2.75, 3.05) is 6.98 Å². The van der Waals surface area contributed by atoms with Crippen LogP contribution < -0.4 is 4.57 Å². The number of aliphatic hydroxyl groups is 4. The fourth-order valence-corrected chi connectivity index (χ4v) is 3.20. The highest BCUT2D eigenvalue weighted by Crippen LogP contribution is 2.31. The maximum absolute atomic E-state index is 12.1. The topological polar surface area (TPSA) is 152 Å². The highest BCUT2D eigenvalue weighted by molar-refractivity contribution is 5.83. The molecule has 1 aromatic heterocycles. The Morgan fingerprint density at radius 2 is 2.04 bits per heavy atom. The molecule has 0 aliphatic carbocycles. The van der Waals surface area contributed by atoms with Crippen molar-refractivity contribution in [3.63, 3.8) is 0 Å². The number of likely N-dealkylation sites (tertiary alicyclic amines) is 1. The van der Waals surface area contributed by atoms with Crippen LogP contribution in [-0.2, 0) is 14.3 Å². The van der Waals surface area contributed by atoms with E-state index >= 15 is 0 Å². The lowest BCUT2D eigenvalue weighted by Gasteiger charge is -2.35. The summed E-state index contributed by atoms with van der Waals surface area (Å²) in [6.07, 6.45) is -7.50. The Hall–Kier alpha value is -2.11. The van der Waals surface area contributed by atoms with E-state index in [1.165, 1.54) is 29.1 Å². The van der Waals surface area contributed by atoms with Crippen LogP contribution in [0, 0.1) is 0 Å². The summed E-state index contributed by atoms with van der Waals surface area (Å²) in [5, 5.41) is 49.0. The Morgan fingerprint density at radius 3 is 2.69 bits per heavy atom. The number of likely N-dealkylation sites (N-methyl/N-ethyl adjacent to an activating group) is 1. The third-order valence-electron chi connectivity index (χ3n) is 4.64. The van der Waals surface area contributed by atoms with E-state index in [9.17, 15) is 30.0 Å². The first kappa shape index (κ1) is 15.0. The van der Waals surface area contributed by atoms with Gasteiger partial charge in [-0.15, -0.1) is 0 Å². The average Bonchev–Trinajstić information content (AvgIpc) is 2.95. The van der Waals surface area contributed by atoms with Crippen molar-refractivity contribution in [3.8, 4) is 0 Å². The smallest absolute Gasteiger partial charge is 0.335 e. The fraction of sp³-hybridized carbons (Fsp3) is 0.562. The number of nitrogens with zero attached hydrogens (tertiary/aromatic N) is 2. The first-order valence-corrected chi connectivity index (χ1v) is 7.88. The van der Waals surface area contributed by atoms with Crippen molar-refractivity contribution in [1.29, 1.82) is 0 Å². The lowest BCUT2D eigenvalue weighted by Crippen LogP contribution is -2.63. The van der Waals surface area contributed by atoms with E-state index in [4.69, 9.17) is 14.0 Å². The number of hydrogen-bond acceptors (Lipinski definition) is 7. The molecule has 2 saturated heterocycles. The van der Waals surface area contributed by atoms with Crippen LogP contribution in [0.2, 0.25) is 0 Å². The SMILES string of the molecule is [2H]C([2H])([2H])N1C(=O)[C@H](O)C[C@H]1c1ccc[n+]([C@H]2O[C@@H](C(=O)O)[C@H](O)[C@@H](O)[C@@H]2O)c1. The van der Waals surface area contributed by atoms with E-state index in [1.54, 1.807) is 0 Å². The summed E-state index contributed by atoms with van der Waals surface area (Å²) in [7, 11) is 0. The minimum Gasteiger partial charge on any atom is -0.479 e. The number of ether oxygens (including phenoxy) is 1. The number of aliphatic hydroxyl groups excluding tert-OH is 4. The van der Waals surface area contributed by atoms with Gasteiger partial charge in [-0.1, -0.05) is 0 Å². The molecule has 0 aromatic carbocycles. The molecule has 3 rings (SSSR count). The summed E-state index contributed by atoms with van der Waals surface area (Å²) >= 11 is 0. The van der Waals surface area contributed by atoms with Crippen LogP contribution in [-0.4, -0.2) is 79.8 Å². The van der Waals surface area contributed by atoms with E-state index in [2.05, 4.69) is 0 Å². The summed E-state index contributed by atoms with van der Waals surface area (Å²) in [6.45, 7) is -2.80. The van der Waals surface area contributed by atoms with Gasteiger partial charge in [0.2, 0.25) is 0 Å². The molecule has 26 heavy (non-hydrogen) atoms. The first-order valence-electron chi connectivity index (χ1n) is 9.38. The van der Waals surface area contributed by atoms with Crippen molar-refractivity contribution in [2.45, 2.75) is 49.2 Å². The lowest BCUT2D eigenvalue weighted by atomic mass is 9.97. The number of carbonyl (C=O) groups is 2. The molecule has 0 radical (unpaired) electrons. The number of pyridine rings is 1. The third-order valence-corrected chi connectivity index (χ3v) is 4.64. The molecule has 2 aliphatic rings. The average molecular weight is 372 g/mol. The molecule has 2 fully saturated rings. The van der Waals surface area contributed by atoms with Gasteiger partial charge in [0, 0.05) is 29.1 Å². The van der Waals surface area contributed by atoms with E-state index in [0.717, 1.165) is 0 Å². The molecule has 0 bridgehead atoms. The van der Waals surface area contributed by atoms with Gasteiger partial charge >= 0.3 is 5.97 Å². The number of carboxylic acids is 1. The Morgan fingerprint density at radius 1 is 1.31 bits per heavy atom. The first-order chi connectivity index (χ1) is 13.4. The third kappa shape index (κ3) is 3.06. The maximum atomic E-state index is 12.1. The van der Waals surface area contributed by atoms with Crippen molar-refractivity contribution in [3.05, 3.63) is 30.1 Å². The molecule has 1 amide bonds. The molecule has 3 heterocycles. The molecule has 5 N–H and O–H groups in total. The van der Waals surface area contributed by atoms with Gasteiger partial charge in [0.1, 0.15) is 18.3 Å². The lowest BCUT2D eigenvalue weighted by molar-refractivity contribution is -0.777. The van der Waals surface area contributed by atoms with E-state index < -0.39 is 61.6 Å². The van der Waals surface area contributed by atoms with Gasteiger partial charge in [0.15, 0.2) is 24.6 Å². The Labute approximate surface area is 152 Å². The molecule has 7 atom stereocenters. The van der Waals surface area contributed by atoms with Crippen LogP contribution in [0.4, 0.5) is 0 Å². The number of rotatable bonds is 3. The van der Waals surface area contributed by atoms with Gasteiger partial charge in [0.05, 0.1) is 6.04 Å². The second kappa shape index (κ2) is 6.89. The second-order valence-electron chi connectivity index (χ2n) is 6.32. The van der Waals surface area contributed by atoms with Crippen LogP contribution in [0.25, 0.3) is 0 Å². The molecule has 0 saturated carbocycles. The summed E-state index contributed by atoms with van der Waals surface area (Å²) in [5.41, 5.74) is 0.289. The van der Waals surface area contributed by atoms with Crippen molar-refractivity contribution >= 4 is 11.9 Å². The summed E-state index contributed by atoms with van der Waals surface area (Å²) < 4.78 is 29.1. The summed E-state index contributed by atoms with van der Waals surface area (Å²) in [4.78, 5) is 24.0. The predicted molar refractivity (Wildman–Crippen MR) is 82.3 cm³/mol. The van der Waals surface area contributed by atoms with Crippen LogP contribution in [0.15, 0.2) is 24.5 Å². The van der Waals surface area contributed by atoms with E-state index in [-0.39, 0.29) is 12.0 Å². The largest absolute Gasteiger partial charge is 0.479 e. The zero-order chi connectivity index (χ0) is 21.7. The fourth-order valence-electron chi connectivity index (χ4n) is 3.20. The molecule has 10 nitrogen and oxygen atoms in total. The minimum absolute atomic E-state index is 0.172. The number of hydrogen-bond donors (Lipinski definition) is 5. The highest BCUT2D eigenvalue weighted by atomic mass is 16.6. The van der Waals surface area contributed by atoms with Crippen LogP contribution in [0.1, 0.15) is 28.4 Å². The summed E-state index contributed by atoms with van der Waals surface area (Å²) in [6, 6.07) is 1.95. The van der Waals surface area contributed by atoms with Gasteiger partial charge in [0.25, 0.3) is 12.1 Å². The summed E-state index contributed by atoms with van der Waals surface area (Å²) in [5.74, 6) is -2.48. The molecular formula is C16H21N2O8+. The molecule has 2 aliphatic heterocycles. The van der Waals surface area contributed by atoms with Crippen LogP contribution >= 0.6 is 0 Å². The maximum Gasteiger partial charge on any atom is 0.335 e. The Bertz CT molecular complexity index is 807. The van der Waals surface area contributed by atoms with Crippen molar-refractivity contribution in [2.24, 2.45) is 0 Å². The zero-order valence-corrected chi connectivity index (χ0v) is 13.4. The van der Waals surface area contributed by atoms with E-state index in [1.807, 2.05) is 0 Å². The standard InChI is InChI=1S/C16H20N2O8/c1-17-8(5-9(19)14(17)23)7-3-2-4-18(6-7)15-12(22)10(20)11(21)13(26-15)16(24)25/h2-4,6,8-13,15,19-22H,5H2,1H3/p+1/t8-,9+,10+,11+,12-,13+,15-/m0/s1/i1D3. The Kier molecular flexibility index (Phi) is 3.98. The van der Waals surface area contributed by atoms with Gasteiger partial charge in [-0.3, -0.25) is 4.79 Å². The van der Waals surface area contributed by atoms with E-state index in [0.29, 0.717) is 4.90 Å². The van der Waals surface area contributed by atoms with Gasteiger partial charge < -0.3 is 35.2 Å². The normalized spacial score (nSPS) is 40.0. The van der Waals surface area contributed by atoms with Crippen molar-refractivity contribution in [1.82, 2.24) is 4.90 Å². The molecule has 142 valence electrons.